The molecule has 0 aliphatic rings. The van der Waals surface area contributed by atoms with E-state index >= 15 is 0 Å². The number of ether oxygens (including phenoxy) is 1. The van der Waals surface area contributed by atoms with Gasteiger partial charge in [0.1, 0.15) is 4.21 Å². The van der Waals surface area contributed by atoms with Crippen molar-refractivity contribution >= 4 is 51.6 Å². The number of thiol groups is 1. The molecule has 0 bridgehead atoms. The van der Waals surface area contributed by atoms with E-state index in [-0.39, 0.29) is 18.2 Å². The first-order valence-corrected chi connectivity index (χ1v) is 10.3. The number of esters is 1. The van der Waals surface area contributed by atoms with Gasteiger partial charge in [-0.05, 0) is 31.2 Å². The van der Waals surface area contributed by atoms with Crippen molar-refractivity contribution in [2.75, 3.05) is 6.61 Å². The normalized spacial score (nSPS) is 10.6. The molecule has 0 N–H and O–H groups in total. The molecule has 0 amide bonds. The van der Waals surface area contributed by atoms with Crippen LogP contribution in [0.1, 0.15) is 27.7 Å². The molecule has 3 aromatic rings. The van der Waals surface area contributed by atoms with Crippen LogP contribution in [0.25, 0.3) is 5.69 Å². The fraction of sp³-hybridized carbons (Fsp3) is 0.150. The van der Waals surface area contributed by atoms with E-state index in [2.05, 4.69) is 28.6 Å². The van der Waals surface area contributed by atoms with Gasteiger partial charge in [0.2, 0.25) is 11.5 Å². The van der Waals surface area contributed by atoms with E-state index in [4.69, 9.17) is 4.74 Å². The predicted molar refractivity (Wildman–Crippen MR) is 111 cm³/mol. The van der Waals surface area contributed by atoms with Crippen molar-refractivity contribution in [3.05, 3.63) is 75.3 Å². The third kappa shape index (κ3) is 4.48. The van der Waals surface area contributed by atoms with Crippen LogP contribution in [0.5, 0.6) is 0 Å². The SMILES string of the molecule is CCOC(=O)Cc1c(C(=O)c2ccc(Br)cc2)sc(S)c1-[n+]1ccccc1. The van der Waals surface area contributed by atoms with Crippen LogP contribution in [0, 0.1) is 0 Å². The first-order chi connectivity index (χ1) is 13.0. The zero-order valence-corrected chi connectivity index (χ0v) is 17.8. The number of carbonyl (C=O) groups is 2. The largest absolute Gasteiger partial charge is 0.466 e. The van der Waals surface area contributed by atoms with Crippen molar-refractivity contribution in [2.24, 2.45) is 0 Å². The summed E-state index contributed by atoms with van der Waals surface area (Å²) in [7, 11) is 0. The summed E-state index contributed by atoms with van der Waals surface area (Å²) in [6.45, 7) is 2.05. The molecule has 0 saturated heterocycles. The summed E-state index contributed by atoms with van der Waals surface area (Å²) >= 11 is 9.24. The lowest BCUT2D eigenvalue weighted by molar-refractivity contribution is -0.598. The van der Waals surface area contributed by atoms with Gasteiger partial charge in [-0.1, -0.05) is 22.0 Å². The lowest BCUT2D eigenvalue weighted by Gasteiger charge is -2.05. The number of hydrogen-bond acceptors (Lipinski definition) is 5. The topological polar surface area (TPSA) is 47.3 Å². The van der Waals surface area contributed by atoms with Gasteiger partial charge in [-0.15, -0.1) is 24.0 Å². The number of benzene rings is 1. The fourth-order valence-electron chi connectivity index (χ4n) is 2.69. The van der Waals surface area contributed by atoms with Crippen LogP contribution in [0.15, 0.2) is 63.5 Å². The number of rotatable bonds is 6. The molecule has 7 heteroatoms. The van der Waals surface area contributed by atoms with Gasteiger partial charge < -0.3 is 4.74 Å². The van der Waals surface area contributed by atoms with E-state index in [0.717, 1.165) is 10.2 Å². The van der Waals surface area contributed by atoms with Crippen molar-refractivity contribution in [1.82, 2.24) is 0 Å². The molecule has 0 spiro atoms. The summed E-state index contributed by atoms with van der Waals surface area (Å²) in [5.41, 5.74) is 1.92. The Labute approximate surface area is 175 Å². The molecule has 0 fully saturated rings. The molecular formula is C20H17BrNO3S2+. The number of aromatic nitrogens is 1. The van der Waals surface area contributed by atoms with Crippen molar-refractivity contribution in [2.45, 2.75) is 17.6 Å². The average molecular weight is 463 g/mol. The molecule has 0 radical (unpaired) electrons. The number of ketones is 1. The van der Waals surface area contributed by atoms with Crippen LogP contribution in [0.3, 0.4) is 0 Å². The van der Waals surface area contributed by atoms with E-state index in [1.165, 1.54) is 11.3 Å². The van der Waals surface area contributed by atoms with Crippen LogP contribution in [0.4, 0.5) is 0 Å². The van der Waals surface area contributed by atoms with Gasteiger partial charge in [-0.25, -0.2) is 0 Å². The lowest BCUT2D eigenvalue weighted by atomic mass is 10.0. The predicted octanol–water partition coefficient (Wildman–Crippen LogP) is 4.41. The Kier molecular flexibility index (Phi) is 6.46. The molecule has 27 heavy (non-hydrogen) atoms. The van der Waals surface area contributed by atoms with Gasteiger partial charge in [0.25, 0.3) is 0 Å². The number of halogens is 1. The summed E-state index contributed by atoms with van der Waals surface area (Å²) in [4.78, 5) is 25.8. The second-order valence-corrected chi connectivity index (χ2v) is 8.35. The highest BCUT2D eigenvalue weighted by molar-refractivity contribution is 9.10. The fourth-order valence-corrected chi connectivity index (χ4v) is 4.50. The molecule has 0 aliphatic carbocycles. The van der Waals surface area contributed by atoms with Crippen molar-refractivity contribution in [3.63, 3.8) is 0 Å². The van der Waals surface area contributed by atoms with Gasteiger partial charge in [-0.3, -0.25) is 9.59 Å². The molecule has 0 unspecified atom stereocenters. The van der Waals surface area contributed by atoms with E-state index < -0.39 is 0 Å². The molecule has 2 aromatic heterocycles. The van der Waals surface area contributed by atoms with Crippen LogP contribution in [-0.4, -0.2) is 18.4 Å². The number of hydrogen-bond donors (Lipinski definition) is 1. The highest BCUT2D eigenvalue weighted by Crippen LogP contribution is 2.34. The van der Waals surface area contributed by atoms with Crippen molar-refractivity contribution in [1.29, 1.82) is 0 Å². The summed E-state index contributed by atoms with van der Waals surface area (Å²) in [5.74, 6) is -0.504. The molecule has 4 nitrogen and oxygen atoms in total. The van der Waals surface area contributed by atoms with Crippen molar-refractivity contribution < 1.29 is 18.9 Å². The molecule has 2 heterocycles. The average Bonchev–Trinajstić information content (AvgIpc) is 2.98. The quantitative estimate of drug-likeness (QED) is 0.255. The van der Waals surface area contributed by atoms with E-state index in [0.29, 0.717) is 26.8 Å². The maximum atomic E-state index is 13.1. The van der Waals surface area contributed by atoms with Gasteiger partial charge in [0.05, 0.1) is 23.5 Å². The van der Waals surface area contributed by atoms with Gasteiger partial charge in [0, 0.05) is 22.2 Å². The summed E-state index contributed by atoms with van der Waals surface area (Å²) < 4.78 is 8.55. The minimum atomic E-state index is -0.369. The highest BCUT2D eigenvalue weighted by Gasteiger charge is 2.30. The third-order valence-corrected chi connectivity index (χ3v) is 5.91. The van der Waals surface area contributed by atoms with Gasteiger partial charge >= 0.3 is 5.97 Å². The molecule has 138 valence electrons. The molecule has 0 aliphatic heterocycles. The highest BCUT2D eigenvalue weighted by atomic mass is 79.9. The Morgan fingerprint density at radius 3 is 2.44 bits per heavy atom. The molecule has 1 aromatic carbocycles. The zero-order chi connectivity index (χ0) is 19.4. The number of thiophene rings is 1. The third-order valence-electron chi connectivity index (χ3n) is 3.87. The first kappa shape index (κ1) is 19.8. The molecular weight excluding hydrogens is 446 g/mol. The minimum Gasteiger partial charge on any atom is -0.466 e. The molecule has 0 saturated carbocycles. The van der Waals surface area contributed by atoms with E-state index in [9.17, 15) is 9.59 Å². The second kappa shape index (κ2) is 8.82. The number of carbonyl (C=O) groups excluding carboxylic acids is 2. The minimum absolute atomic E-state index is 0.0136. The van der Waals surface area contributed by atoms with Crippen LogP contribution in [-0.2, 0) is 16.0 Å². The number of nitrogens with zero attached hydrogens (tertiary/aromatic N) is 1. The van der Waals surface area contributed by atoms with Crippen LogP contribution < -0.4 is 4.57 Å². The first-order valence-electron chi connectivity index (χ1n) is 8.28. The monoisotopic (exact) mass is 462 g/mol. The summed E-state index contributed by atoms with van der Waals surface area (Å²) in [5, 5.41) is 0. The molecule has 0 atom stereocenters. The maximum Gasteiger partial charge on any atom is 0.310 e. The lowest BCUT2D eigenvalue weighted by Crippen LogP contribution is -2.31. The second-order valence-electron chi connectivity index (χ2n) is 5.66. The van der Waals surface area contributed by atoms with Crippen LogP contribution >= 0.6 is 39.9 Å². The van der Waals surface area contributed by atoms with E-state index in [1.807, 2.05) is 47.3 Å². The van der Waals surface area contributed by atoms with E-state index in [1.54, 1.807) is 19.1 Å². The Morgan fingerprint density at radius 1 is 1.15 bits per heavy atom. The number of pyridine rings is 1. The Morgan fingerprint density at radius 2 is 1.81 bits per heavy atom. The van der Waals surface area contributed by atoms with Gasteiger partial charge in [0.15, 0.2) is 12.4 Å². The van der Waals surface area contributed by atoms with Crippen molar-refractivity contribution in [3.8, 4) is 5.69 Å². The molecule has 3 rings (SSSR count). The van der Waals surface area contributed by atoms with Crippen LogP contribution in [0.2, 0.25) is 0 Å². The smallest absolute Gasteiger partial charge is 0.310 e. The standard InChI is InChI=1S/C20H16BrNO3S2/c1-2-25-16(23)12-15-17(22-10-4-3-5-11-22)20(26)27-19(15)18(24)13-6-8-14(21)9-7-13/h3-11H,2,12H2,1H3/p+1. The Balaban J connectivity index is 2.11. The summed E-state index contributed by atoms with van der Waals surface area (Å²) in [6, 6.07) is 12.8. The Bertz CT molecular complexity index is 969. The van der Waals surface area contributed by atoms with Gasteiger partial charge in [-0.2, -0.15) is 4.57 Å². The Hall–Kier alpha value is -1.96. The zero-order valence-electron chi connectivity index (χ0n) is 14.5. The maximum absolute atomic E-state index is 13.1. The summed E-state index contributed by atoms with van der Waals surface area (Å²) in [6.07, 6.45) is 3.74.